The molecule has 1 heterocycles. The lowest BCUT2D eigenvalue weighted by Crippen LogP contribution is -2.36. The number of oxime groups is 1. The number of hydrogen-bond donors (Lipinski definition) is 3. The molecular formula is C14H14N4O3. The number of nitrogens with zero attached hydrogens (tertiary/aromatic N) is 1. The standard InChI is InChI=1S/C14H14N4O3/c1-2-9-4-3-5-10(6-9)17-14(20)16-8-11-7-12(13(15)19)18-21-11/h1,3-6,11H,7-8H2,(H2,15,19)(H2,16,17,20). The number of terminal acetylenes is 1. The first-order chi connectivity index (χ1) is 10.1. The molecule has 7 heteroatoms. The average Bonchev–Trinajstić information content (AvgIpc) is 2.94. The third-order valence-electron chi connectivity index (χ3n) is 2.79. The van der Waals surface area contributed by atoms with Crippen LogP contribution in [0.25, 0.3) is 0 Å². The van der Waals surface area contributed by atoms with Crippen molar-refractivity contribution in [1.29, 1.82) is 0 Å². The van der Waals surface area contributed by atoms with Gasteiger partial charge in [0.1, 0.15) is 5.71 Å². The molecular weight excluding hydrogens is 272 g/mol. The van der Waals surface area contributed by atoms with Crippen molar-refractivity contribution in [2.45, 2.75) is 12.5 Å². The number of amides is 3. The molecule has 108 valence electrons. The van der Waals surface area contributed by atoms with Crippen LogP contribution in [0.1, 0.15) is 12.0 Å². The van der Waals surface area contributed by atoms with E-state index in [4.69, 9.17) is 17.0 Å². The van der Waals surface area contributed by atoms with Gasteiger partial charge in [0.15, 0.2) is 6.10 Å². The van der Waals surface area contributed by atoms with E-state index in [-0.39, 0.29) is 18.7 Å². The largest absolute Gasteiger partial charge is 0.390 e. The molecule has 0 radical (unpaired) electrons. The summed E-state index contributed by atoms with van der Waals surface area (Å²) >= 11 is 0. The van der Waals surface area contributed by atoms with Gasteiger partial charge in [0.2, 0.25) is 0 Å². The minimum Gasteiger partial charge on any atom is -0.390 e. The van der Waals surface area contributed by atoms with Crippen LogP contribution in [0.15, 0.2) is 29.4 Å². The van der Waals surface area contributed by atoms with Crippen molar-refractivity contribution in [2.75, 3.05) is 11.9 Å². The van der Waals surface area contributed by atoms with Crippen LogP contribution in [0.2, 0.25) is 0 Å². The molecule has 0 saturated carbocycles. The number of carbonyl (C=O) groups excluding carboxylic acids is 2. The molecule has 0 fully saturated rings. The summed E-state index contributed by atoms with van der Waals surface area (Å²) in [5.41, 5.74) is 6.51. The van der Waals surface area contributed by atoms with Crippen molar-refractivity contribution in [3.8, 4) is 12.3 Å². The molecule has 1 unspecified atom stereocenters. The van der Waals surface area contributed by atoms with Gasteiger partial charge in [0.25, 0.3) is 5.91 Å². The number of primary amides is 1. The van der Waals surface area contributed by atoms with Gasteiger partial charge >= 0.3 is 6.03 Å². The van der Waals surface area contributed by atoms with Crippen LogP contribution in [0.3, 0.4) is 0 Å². The first kappa shape index (κ1) is 14.4. The van der Waals surface area contributed by atoms with Crippen LogP contribution in [0, 0.1) is 12.3 Å². The Morgan fingerprint density at radius 2 is 2.33 bits per heavy atom. The van der Waals surface area contributed by atoms with Gasteiger partial charge in [-0.25, -0.2) is 4.79 Å². The smallest absolute Gasteiger partial charge is 0.319 e. The zero-order valence-corrected chi connectivity index (χ0v) is 11.1. The molecule has 21 heavy (non-hydrogen) atoms. The van der Waals surface area contributed by atoms with Gasteiger partial charge < -0.3 is 21.2 Å². The normalized spacial score (nSPS) is 16.3. The lowest BCUT2D eigenvalue weighted by Gasteiger charge is -2.11. The van der Waals surface area contributed by atoms with E-state index in [2.05, 4.69) is 21.7 Å². The summed E-state index contributed by atoms with van der Waals surface area (Å²) in [4.78, 5) is 27.6. The first-order valence-corrected chi connectivity index (χ1v) is 6.22. The molecule has 0 bridgehead atoms. The topological polar surface area (TPSA) is 106 Å². The third kappa shape index (κ3) is 3.98. The molecule has 2 rings (SSSR count). The minimum absolute atomic E-state index is 0.170. The van der Waals surface area contributed by atoms with Gasteiger partial charge in [-0.2, -0.15) is 0 Å². The van der Waals surface area contributed by atoms with Crippen molar-refractivity contribution >= 4 is 23.3 Å². The molecule has 1 aliphatic heterocycles. The van der Waals surface area contributed by atoms with E-state index in [0.717, 1.165) is 0 Å². The van der Waals surface area contributed by atoms with E-state index >= 15 is 0 Å². The fraction of sp³-hybridized carbons (Fsp3) is 0.214. The van der Waals surface area contributed by atoms with Crippen molar-refractivity contribution in [1.82, 2.24) is 5.32 Å². The maximum Gasteiger partial charge on any atom is 0.319 e. The lowest BCUT2D eigenvalue weighted by molar-refractivity contribution is -0.112. The summed E-state index contributed by atoms with van der Waals surface area (Å²) < 4.78 is 0. The summed E-state index contributed by atoms with van der Waals surface area (Å²) in [6.45, 7) is 0.209. The highest BCUT2D eigenvalue weighted by molar-refractivity contribution is 6.38. The Morgan fingerprint density at radius 1 is 1.52 bits per heavy atom. The highest BCUT2D eigenvalue weighted by Gasteiger charge is 2.24. The number of rotatable bonds is 4. The zero-order valence-electron chi connectivity index (χ0n) is 11.1. The van der Waals surface area contributed by atoms with E-state index in [1.165, 1.54) is 0 Å². The minimum atomic E-state index is -0.618. The van der Waals surface area contributed by atoms with Gasteiger partial charge in [-0.1, -0.05) is 17.1 Å². The summed E-state index contributed by atoms with van der Waals surface area (Å²) in [7, 11) is 0. The Bertz CT molecular complexity index is 633. The van der Waals surface area contributed by atoms with Crippen LogP contribution in [0.4, 0.5) is 10.5 Å². The number of benzene rings is 1. The van der Waals surface area contributed by atoms with Crippen molar-refractivity contribution < 1.29 is 14.4 Å². The second-order valence-corrected chi connectivity index (χ2v) is 4.39. The molecule has 1 aromatic carbocycles. The summed E-state index contributed by atoms with van der Waals surface area (Å²) in [5.74, 6) is 1.86. The highest BCUT2D eigenvalue weighted by Crippen LogP contribution is 2.11. The number of nitrogens with two attached hydrogens (primary N) is 1. The van der Waals surface area contributed by atoms with Crippen LogP contribution in [0.5, 0.6) is 0 Å². The maximum atomic E-state index is 11.7. The van der Waals surface area contributed by atoms with E-state index in [9.17, 15) is 9.59 Å². The van der Waals surface area contributed by atoms with Crippen molar-refractivity contribution in [2.24, 2.45) is 10.9 Å². The Labute approximate surface area is 121 Å². The van der Waals surface area contributed by atoms with Gasteiger partial charge in [-0.05, 0) is 18.2 Å². The molecule has 0 spiro atoms. The molecule has 1 aliphatic rings. The molecule has 3 amide bonds. The molecule has 0 aromatic heterocycles. The van der Waals surface area contributed by atoms with E-state index in [1.807, 2.05) is 0 Å². The fourth-order valence-corrected chi connectivity index (χ4v) is 1.75. The maximum absolute atomic E-state index is 11.7. The molecule has 0 aliphatic carbocycles. The monoisotopic (exact) mass is 286 g/mol. The quantitative estimate of drug-likeness (QED) is 0.698. The SMILES string of the molecule is C#Cc1cccc(NC(=O)NCC2CC(C(N)=O)=NO2)c1. The van der Waals surface area contributed by atoms with E-state index in [0.29, 0.717) is 11.3 Å². The second-order valence-electron chi connectivity index (χ2n) is 4.39. The van der Waals surface area contributed by atoms with Crippen molar-refractivity contribution in [3.63, 3.8) is 0 Å². The average molecular weight is 286 g/mol. The number of hydrogen-bond acceptors (Lipinski definition) is 4. The lowest BCUT2D eigenvalue weighted by atomic mass is 10.2. The van der Waals surface area contributed by atoms with Crippen LogP contribution < -0.4 is 16.4 Å². The summed E-state index contributed by atoms with van der Waals surface area (Å²) in [6, 6.07) is 6.51. The molecule has 7 nitrogen and oxygen atoms in total. The van der Waals surface area contributed by atoms with Crippen LogP contribution in [-0.4, -0.2) is 30.3 Å². The van der Waals surface area contributed by atoms with Crippen LogP contribution >= 0.6 is 0 Å². The third-order valence-corrected chi connectivity index (χ3v) is 2.79. The highest BCUT2D eigenvalue weighted by atomic mass is 16.6. The van der Waals surface area contributed by atoms with Crippen LogP contribution in [-0.2, 0) is 9.63 Å². The first-order valence-electron chi connectivity index (χ1n) is 6.22. The molecule has 1 aromatic rings. The Kier molecular flexibility index (Phi) is 4.41. The molecule has 1 atom stereocenters. The number of carbonyl (C=O) groups is 2. The number of nitrogens with one attached hydrogen (secondary N) is 2. The predicted molar refractivity (Wildman–Crippen MR) is 77.5 cm³/mol. The van der Waals surface area contributed by atoms with E-state index in [1.54, 1.807) is 24.3 Å². The number of anilines is 1. The van der Waals surface area contributed by atoms with Crippen molar-refractivity contribution in [3.05, 3.63) is 29.8 Å². The number of urea groups is 1. The Morgan fingerprint density at radius 3 is 3.00 bits per heavy atom. The van der Waals surface area contributed by atoms with Gasteiger partial charge in [0, 0.05) is 17.7 Å². The molecule has 0 saturated heterocycles. The summed E-state index contributed by atoms with van der Waals surface area (Å²) in [5, 5.41) is 8.81. The van der Waals surface area contributed by atoms with Gasteiger partial charge in [-0.15, -0.1) is 6.42 Å². The Hall–Kier alpha value is -3.01. The Balaban J connectivity index is 1.78. The summed E-state index contributed by atoms with van der Waals surface area (Å²) in [6.07, 6.45) is 5.17. The molecule has 4 N–H and O–H groups in total. The zero-order chi connectivity index (χ0) is 15.2. The predicted octanol–water partition coefficient (Wildman–Crippen LogP) is 0.420. The van der Waals surface area contributed by atoms with E-state index < -0.39 is 18.0 Å². The second kappa shape index (κ2) is 6.43. The van der Waals surface area contributed by atoms with Gasteiger partial charge in [0.05, 0.1) is 6.54 Å². The fourth-order valence-electron chi connectivity index (χ4n) is 1.75. The van der Waals surface area contributed by atoms with Gasteiger partial charge in [-0.3, -0.25) is 4.79 Å².